The molecule has 1 atom stereocenters. The van der Waals surface area contributed by atoms with Crippen LogP contribution in [0.4, 0.5) is 5.82 Å². The zero-order chi connectivity index (χ0) is 18.5. The Morgan fingerprint density at radius 1 is 1.33 bits per heavy atom. The molecule has 3 aromatic rings. The van der Waals surface area contributed by atoms with Gasteiger partial charge in [-0.15, -0.1) is 0 Å². The van der Waals surface area contributed by atoms with E-state index in [9.17, 15) is 0 Å². The molecule has 0 radical (unpaired) electrons. The Kier molecular flexibility index (Phi) is 3.89. The van der Waals surface area contributed by atoms with Crippen LogP contribution in [0.5, 0.6) is 0 Å². The number of fused-ring (bicyclic) bond motifs is 2. The first-order valence-electron chi connectivity index (χ1n) is 9.74. The van der Waals surface area contributed by atoms with Gasteiger partial charge in [-0.2, -0.15) is 10.2 Å². The van der Waals surface area contributed by atoms with Gasteiger partial charge in [0, 0.05) is 50.3 Å². The van der Waals surface area contributed by atoms with Gasteiger partial charge in [0.05, 0.1) is 18.0 Å². The van der Waals surface area contributed by atoms with Crippen LogP contribution in [-0.4, -0.2) is 49.1 Å². The molecule has 3 aromatic heterocycles. The molecule has 0 unspecified atom stereocenters. The molecule has 2 aliphatic rings. The Labute approximate surface area is 158 Å². The quantitative estimate of drug-likeness (QED) is 0.703. The highest BCUT2D eigenvalue weighted by atomic mass is 16.5. The maximum atomic E-state index is 5.62. The summed E-state index contributed by atoms with van der Waals surface area (Å²) in [7, 11) is 2.04. The van der Waals surface area contributed by atoms with Gasteiger partial charge < -0.3 is 9.64 Å². The van der Waals surface area contributed by atoms with E-state index in [1.807, 2.05) is 23.2 Å². The molecule has 5 rings (SSSR count). The largest absolute Gasteiger partial charge is 0.381 e. The number of rotatable bonds is 3. The van der Waals surface area contributed by atoms with Gasteiger partial charge in [0.25, 0.3) is 0 Å². The van der Waals surface area contributed by atoms with Crippen molar-refractivity contribution in [2.75, 3.05) is 24.7 Å². The van der Waals surface area contributed by atoms with Crippen LogP contribution >= 0.6 is 0 Å². The Morgan fingerprint density at radius 2 is 2.22 bits per heavy atom. The fourth-order valence-electron chi connectivity index (χ4n) is 4.54. The van der Waals surface area contributed by atoms with Crippen LogP contribution in [0.25, 0.3) is 5.52 Å². The molecule has 0 saturated carbocycles. The average molecular weight is 367 g/mol. The molecule has 0 N–H and O–H groups in total. The third-order valence-electron chi connectivity index (χ3n) is 5.88. The van der Waals surface area contributed by atoms with E-state index >= 15 is 0 Å². The van der Waals surface area contributed by atoms with Gasteiger partial charge in [-0.25, -0.2) is 14.5 Å². The molecular weight excluding hydrogens is 342 g/mol. The number of ether oxygens (including phenoxy) is 1. The zero-order valence-electron chi connectivity index (χ0n) is 16.1. The topological polar surface area (TPSA) is 73.4 Å². The Balaban J connectivity index is 1.61. The summed E-state index contributed by atoms with van der Waals surface area (Å²) in [5.74, 6) is 2.20. The van der Waals surface area contributed by atoms with Gasteiger partial charge in [0.15, 0.2) is 5.82 Å². The van der Waals surface area contributed by atoms with E-state index in [-0.39, 0.29) is 0 Å². The molecule has 142 valence electrons. The number of aryl methyl sites for hydroxylation is 2. The lowest BCUT2D eigenvalue weighted by Gasteiger charge is -2.28. The number of nitrogens with zero attached hydrogens (tertiary/aromatic N) is 7. The summed E-state index contributed by atoms with van der Waals surface area (Å²) >= 11 is 0. The van der Waals surface area contributed by atoms with E-state index in [2.05, 4.69) is 16.9 Å². The van der Waals surface area contributed by atoms with E-state index in [0.29, 0.717) is 5.92 Å². The standard InChI is InChI=1S/C19H25N7O/c1-4-16-14-9-25(7-5-15(14)23-24(16)3)19-18-17(13-6-8-27-10-13)22-12(2)26(18)21-11-20-19/h11,13H,4-10H2,1-3H3/t13-/m1/s1. The zero-order valence-corrected chi connectivity index (χ0v) is 16.1. The second kappa shape index (κ2) is 6.30. The number of imidazole rings is 1. The summed E-state index contributed by atoms with van der Waals surface area (Å²) in [5.41, 5.74) is 6.01. The second-order valence-corrected chi connectivity index (χ2v) is 7.47. The van der Waals surface area contributed by atoms with Crippen LogP contribution in [0.1, 0.15) is 47.7 Å². The predicted octanol–water partition coefficient (Wildman–Crippen LogP) is 1.80. The average Bonchev–Trinajstić information content (AvgIpc) is 3.38. The number of aromatic nitrogens is 6. The summed E-state index contributed by atoms with van der Waals surface area (Å²) < 4.78 is 9.60. The maximum absolute atomic E-state index is 5.62. The van der Waals surface area contributed by atoms with Crippen LogP contribution in [-0.2, 0) is 31.2 Å². The molecule has 0 bridgehead atoms. The van der Waals surface area contributed by atoms with Crippen LogP contribution in [0, 0.1) is 6.92 Å². The lowest BCUT2D eigenvalue weighted by molar-refractivity contribution is 0.193. The smallest absolute Gasteiger partial charge is 0.158 e. The van der Waals surface area contributed by atoms with Crippen molar-refractivity contribution in [3.8, 4) is 0 Å². The van der Waals surface area contributed by atoms with E-state index in [4.69, 9.17) is 19.8 Å². The number of hydrogen-bond acceptors (Lipinski definition) is 6. The number of anilines is 1. The summed E-state index contributed by atoms with van der Waals surface area (Å²) in [4.78, 5) is 11.9. The van der Waals surface area contributed by atoms with Crippen molar-refractivity contribution >= 4 is 11.3 Å². The molecule has 0 aromatic carbocycles. The lowest BCUT2D eigenvalue weighted by atomic mass is 10.0. The first-order valence-corrected chi connectivity index (χ1v) is 9.74. The van der Waals surface area contributed by atoms with Crippen molar-refractivity contribution in [3.63, 3.8) is 0 Å². The van der Waals surface area contributed by atoms with Crippen molar-refractivity contribution in [1.29, 1.82) is 0 Å². The SMILES string of the molecule is CCc1c2c(nn1C)CCN(c1ncnn3c(C)nc([C@@H]4CCOC4)c13)C2. The van der Waals surface area contributed by atoms with Gasteiger partial charge in [0.2, 0.25) is 0 Å². The van der Waals surface area contributed by atoms with Crippen LogP contribution in [0.15, 0.2) is 6.33 Å². The maximum Gasteiger partial charge on any atom is 0.158 e. The van der Waals surface area contributed by atoms with Gasteiger partial charge in [-0.05, 0) is 19.8 Å². The van der Waals surface area contributed by atoms with Crippen molar-refractivity contribution in [2.24, 2.45) is 7.05 Å². The van der Waals surface area contributed by atoms with Gasteiger partial charge >= 0.3 is 0 Å². The van der Waals surface area contributed by atoms with Crippen molar-refractivity contribution in [2.45, 2.75) is 45.6 Å². The fraction of sp³-hybridized carbons (Fsp3) is 0.579. The minimum Gasteiger partial charge on any atom is -0.381 e. The molecule has 8 nitrogen and oxygen atoms in total. The van der Waals surface area contributed by atoms with Crippen LogP contribution in [0.2, 0.25) is 0 Å². The molecule has 0 spiro atoms. The molecule has 0 aliphatic carbocycles. The summed E-state index contributed by atoms with van der Waals surface area (Å²) in [5, 5.41) is 9.19. The molecule has 5 heterocycles. The highest BCUT2D eigenvalue weighted by Gasteiger charge is 2.30. The Hall–Kier alpha value is -2.48. The Morgan fingerprint density at radius 3 is 3.00 bits per heavy atom. The van der Waals surface area contributed by atoms with Crippen molar-refractivity contribution in [1.82, 2.24) is 29.4 Å². The summed E-state index contributed by atoms with van der Waals surface area (Å²) in [6.07, 6.45) is 4.58. The van der Waals surface area contributed by atoms with Gasteiger partial charge in [-0.3, -0.25) is 4.68 Å². The third-order valence-corrected chi connectivity index (χ3v) is 5.88. The molecular formula is C19H25N7O. The van der Waals surface area contributed by atoms with E-state index < -0.39 is 0 Å². The summed E-state index contributed by atoms with van der Waals surface area (Å²) in [6, 6.07) is 0. The van der Waals surface area contributed by atoms with E-state index in [1.54, 1.807) is 6.33 Å². The fourth-order valence-corrected chi connectivity index (χ4v) is 4.54. The minimum atomic E-state index is 0.323. The monoisotopic (exact) mass is 367 g/mol. The third kappa shape index (κ3) is 2.54. The molecule has 2 aliphatic heterocycles. The molecule has 0 amide bonds. The normalized spacial score (nSPS) is 19.8. The molecule has 27 heavy (non-hydrogen) atoms. The number of hydrogen-bond donors (Lipinski definition) is 0. The van der Waals surface area contributed by atoms with E-state index in [1.165, 1.54) is 17.0 Å². The van der Waals surface area contributed by atoms with E-state index in [0.717, 1.165) is 68.4 Å². The van der Waals surface area contributed by atoms with Crippen molar-refractivity contribution < 1.29 is 4.74 Å². The van der Waals surface area contributed by atoms with Crippen molar-refractivity contribution in [3.05, 3.63) is 34.8 Å². The lowest BCUT2D eigenvalue weighted by Crippen LogP contribution is -2.32. The van der Waals surface area contributed by atoms with Crippen LogP contribution < -0.4 is 4.90 Å². The van der Waals surface area contributed by atoms with Gasteiger partial charge in [0.1, 0.15) is 17.7 Å². The predicted molar refractivity (Wildman–Crippen MR) is 101 cm³/mol. The summed E-state index contributed by atoms with van der Waals surface area (Å²) in [6.45, 7) is 7.47. The first-order chi connectivity index (χ1) is 13.2. The Bertz CT molecular complexity index is 999. The molecule has 8 heteroatoms. The highest BCUT2D eigenvalue weighted by Crippen LogP contribution is 2.34. The van der Waals surface area contributed by atoms with Crippen LogP contribution in [0.3, 0.4) is 0 Å². The molecule has 1 saturated heterocycles. The molecule has 1 fully saturated rings. The minimum absolute atomic E-state index is 0.323. The van der Waals surface area contributed by atoms with Gasteiger partial charge in [-0.1, -0.05) is 6.92 Å². The highest BCUT2D eigenvalue weighted by molar-refractivity contribution is 5.73. The first kappa shape index (κ1) is 16.7. The second-order valence-electron chi connectivity index (χ2n) is 7.47.